The first-order valence-corrected chi connectivity index (χ1v) is 10.1. The fourth-order valence-electron chi connectivity index (χ4n) is 5.26. The molecule has 2 saturated carbocycles. The smallest absolute Gasteiger partial charge is 0.00488 e. The van der Waals surface area contributed by atoms with Gasteiger partial charge in [0.15, 0.2) is 0 Å². The topological polar surface area (TPSA) is 12.0 Å². The molecule has 0 amide bonds. The second-order valence-corrected chi connectivity index (χ2v) is 7.72. The van der Waals surface area contributed by atoms with E-state index in [4.69, 9.17) is 0 Å². The first-order valence-electron chi connectivity index (χ1n) is 10.1. The monoisotopic (exact) mass is 293 g/mol. The number of nitrogens with one attached hydrogen (secondary N) is 1. The molecular weight excluding hydrogens is 254 g/mol. The van der Waals surface area contributed by atoms with Crippen LogP contribution < -0.4 is 5.32 Å². The molecule has 0 aromatic heterocycles. The second-order valence-electron chi connectivity index (χ2n) is 7.72. The molecule has 2 fully saturated rings. The van der Waals surface area contributed by atoms with Crippen LogP contribution in [0.1, 0.15) is 90.9 Å². The highest BCUT2D eigenvalue weighted by Gasteiger charge is 2.36. The molecule has 124 valence electrons. The Hall–Kier alpha value is -0.0400. The van der Waals surface area contributed by atoms with Gasteiger partial charge in [-0.05, 0) is 62.4 Å². The molecule has 21 heavy (non-hydrogen) atoms. The highest BCUT2D eigenvalue weighted by molar-refractivity contribution is 4.87. The molecule has 2 aliphatic rings. The van der Waals surface area contributed by atoms with Gasteiger partial charge in [0.1, 0.15) is 0 Å². The SMILES string of the molecule is CCCNCCCC1C(CC)CCCC1C1CCCCC1. The summed E-state index contributed by atoms with van der Waals surface area (Å²) in [6.07, 6.45) is 17.8. The zero-order valence-corrected chi connectivity index (χ0v) is 14.7. The lowest BCUT2D eigenvalue weighted by Crippen LogP contribution is -2.34. The van der Waals surface area contributed by atoms with Crippen molar-refractivity contribution >= 4 is 0 Å². The normalized spacial score (nSPS) is 31.4. The van der Waals surface area contributed by atoms with Gasteiger partial charge in [0.05, 0.1) is 0 Å². The predicted molar refractivity (Wildman–Crippen MR) is 93.6 cm³/mol. The van der Waals surface area contributed by atoms with Crippen molar-refractivity contribution in [1.82, 2.24) is 5.32 Å². The summed E-state index contributed by atoms with van der Waals surface area (Å²) in [5.74, 6) is 4.25. The molecule has 1 heteroatoms. The van der Waals surface area contributed by atoms with Gasteiger partial charge in [-0.25, -0.2) is 0 Å². The van der Waals surface area contributed by atoms with E-state index in [0.717, 1.165) is 23.7 Å². The predicted octanol–water partition coefficient (Wildman–Crippen LogP) is 5.79. The van der Waals surface area contributed by atoms with Crippen LogP contribution in [0.2, 0.25) is 0 Å². The van der Waals surface area contributed by atoms with Crippen LogP contribution in [0.4, 0.5) is 0 Å². The molecule has 2 rings (SSSR count). The third-order valence-electron chi connectivity index (χ3n) is 6.37. The van der Waals surface area contributed by atoms with Crippen molar-refractivity contribution in [2.45, 2.75) is 90.9 Å². The van der Waals surface area contributed by atoms with Gasteiger partial charge in [-0.2, -0.15) is 0 Å². The lowest BCUT2D eigenvalue weighted by molar-refractivity contribution is 0.0699. The van der Waals surface area contributed by atoms with Crippen LogP contribution in [0.15, 0.2) is 0 Å². The van der Waals surface area contributed by atoms with Gasteiger partial charge in [0.25, 0.3) is 0 Å². The van der Waals surface area contributed by atoms with Gasteiger partial charge in [0, 0.05) is 0 Å². The Labute approximate surface area is 133 Å². The Morgan fingerprint density at radius 3 is 2.38 bits per heavy atom. The standard InChI is InChI=1S/C20H39N/c1-3-15-21-16-9-14-19-17(4-2)12-8-13-20(19)18-10-6-5-7-11-18/h17-21H,3-16H2,1-2H3. The lowest BCUT2D eigenvalue weighted by atomic mass is 9.62. The van der Waals surface area contributed by atoms with Crippen molar-refractivity contribution in [2.24, 2.45) is 23.7 Å². The van der Waals surface area contributed by atoms with Crippen molar-refractivity contribution in [2.75, 3.05) is 13.1 Å². The molecule has 0 aromatic carbocycles. The maximum Gasteiger partial charge on any atom is -0.00488 e. The summed E-state index contributed by atoms with van der Waals surface area (Å²) in [7, 11) is 0. The molecular formula is C20H39N. The molecule has 0 aliphatic heterocycles. The summed E-state index contributed by atoms with van der Waals surface area (Å²) >= 11 is 0. The third-order valence-corrected chi connectivity index (χ3v) is 6.37. The van der Waals surface area contributed by atoms with Crippen molar-refractivity contribution < 1.29 is 0 Å². The molecule has 0 spiro atoms. The molecule has 1 N–H and O–H groups in total. The van der Waals surface area contributed by atoms with Crippen molar-refractivity contribution in [3.63, 3.8) is 0 Å². The Bertz CT molecular complexity index is 257. The Balaban J connectivity index is 1.85. The molecule has 0 radical (unpaired) electrons. The first-order chi connectivity index (χ1) is 10.4. The van der Waals surface area contributed by atoms with Gasteiger partial charge in [-0.15, -0.1) is 0 Å². The van der Waals surface area contributed by atoms with Crippen molar-refractivity contribution in [1.29, 1.82) is 0 Å². The Morgan fingerprint density at radius 1 is 0.857 bits per heavy atom. The first kappa shape index (κ1) is 17.3. The van der Waals surface area contributed by atoms with E-state index in [2.05, 4.69) is 19.2 Å². The van der Waals surface area contributed by atoms with Crippen LogP contribution in [0.5, 0.6) is 0 Å². The number of hydrogen-bond acceptors (Lipinski definition) is 1. The minimum atomic E-state index is 1.04. The third kappa shape index (κ3) is 5.27. The van der Waals surface area contributed by atoms with E-state index in [1.165, 1.54) is 70.9 Å². The van der Waals surface area contributed by atoms with E-state index in [1.54, 1.807) is 19.3 Å². The van der Waals surface area contributed by atoms with Gasteiger partial charge < -0.3 is 5.32 Å². The van der Waals surface area contributed by atoms with E-state index < -0.39 is 0 Å². The highest BCUT2D eigenvalue weighted by atomic mass is 14.8. The summed E-state index contributed by atoms with van der Waals surface area (Å²) in [5, 5.41) is 3.60. The summed E-state index contributed by atoms with van der Waals surface area (Å²) in [6, 6.07) is 0. The second kappa shape index (κ2) is 9.87. The fraction of sp³-hybridized carbons (Fsp3) is 1.00. The highest BCUT2D eigenvalue weighted by Crippen LogP contribution is 2.46. The van der Waals surface area contributed by atoms with Crippen LogP contribution >= 0.6 is 0 Å². The van der Waals surface area contributed by atoms with E-state index >= 15 is 0 Å². The van der Waals surface area contributed by atoms with Gasteiger partial charge in [-0.1, -0.05) is 65.2 Å². The molecule has 2 aliphatic carbocycles. The lowest BCUT2D eigenvalue weighted by Gasteiger charge is -2.43. The van der Waals surface area contributed by atoms with E-state index in [-0.39, 0.29) is 0 Å². The average molecular weight is 294 g/mol. The number of hydrogen-bond donors (Lipinski definition) is 1. The van der Waals surface area contributed by atoms with Crippen molar-refractivity contribution in [3.8, 4) is 0 Å². The van der Waals surface area contributed by atoms with E-state index in [9.17, 15) is 0 Å². The molecule has 0 heterocycles. The molecule has 0 aromatic rings. The quantitative estimate of drug-likeness (QED) is 0.559. The molecule has 0 saturated heterocycles. The van der Waals surface area contributed by atoms with E-state index in [0.29, 0.717) is 0 Å². The average Bonchev–Trinajstić information content (AvgIpc) is 2.55. The van der Waals surface area contributed by atoms with Crippen LogP contribution in [-0.4, -0.2) is 13.1 Å². The van der Waals surface area contributed by atoms with Gasteiger partial charge in [-0.3, -0.25) is 0 Å². The van der Waals surface area contributed by atoms with Crippen molar-refractivity contribution in [3.05, 3.63) is 0 Å². The maximum atomic E-state index is 3.60. The fourth-order valence-corrected chi connectivity index (χ4v) is 5.26. The molecule has 3 atom stereocenters. The number of rotatable bonds is 8. The Kier molecular flexibility index (Phi) is 8.14. The minimum Gasteiger partial charge on any atom is -0.317 e. The molecule has 1 nitrogen and oxygen atoms in total. The van der Waals surface area contributed by atoms with E-state index in [1.807, 2.05) is 0 Å². The van der Waals surface area contributed by atoms with Crippen LogP contribution in [0, 0.1) is 23.7 Å². The molecule has 3 unspecified atom stereocenters. The largest absolute Gasteiger partial charge is 0.317 e. The molecule has 0 bridgehead atoms. The van der Waals surface area contributed by atoms with Crippen LogP contribution in [0.25, 0.3) is 0 Å². The minimum absolute atomic E-state index is 1.04. The summed E-state index contributed by atoms with van der Waals surface area (Å²) in [6.45, 7) is 7.16. The maximum absolute atomic E-state index is 3.60. The Morgan fingerprint density at radius 2 is 1.67 bits per heavy atom. The van der Waals surface area contributed by atoms with Crippen LogP contribution in [-0.2, 0) is 0 Å². The summed E-state index contributed by atoms with van der Waals surface area (Å²) in [5.41, 5.74) is 0. The van der Waals surface area contributed by atoms with Gasteiger partial charge >= 0.3 is 0 Å². The van der Waals surface area contributed by atoms with Crippen LogP contribution in [0.3, 0.4) is 0 Å². The van der Waals surface area contributed by atoms with Gasteiger partial charge in [0.2, 0.25) is 0 Å². The zero-order chi connectivity index (χ0) is 14.9. The summed E-state index contributed by atoms with van der Waals surface area (Å²) < 4.78 is 0. The summed E-state index contributed by atoms with van der Waals surface area (Å²) in [4.78, 5) is 0. The zero-order valence-electron chi connectivity index (χ0n) is 14.7.